The number of rotatable bonds is 7. The number of aliphatic carboxylic acids is 1. The molecule has 0 aromatic heterocycles. The number of benzene rings is 1. The zero-order valence-electron chi connectivity index (χ0n) is 12.0. The fourth-order valence-corrected chi connectivity index (χ4v) is 2.90. The molecule has 20 heavy (non-hydrogen) atoms. The van der Waals surface area contributed by atoms with E-state index in [0.29, 0.717) is 19.2 Å². The van der Waals surface area contributed by atoms with Gasteiger partial charge < -0.3 is 9.84 Å². The summed E-state index contributed by atoms with van der Waals surface area (Å²) in [7, 11) is 1.68. The smallest absolute Gasteiger partial charge is 0.317 e. The number of hydrogen-bond donors (Lipinski definition) is 1. The highest BCUT2D eigenvalue weighted by Crippen LogP contribution is 2.24. The maximum absolute atomic E-state index is 11.0. The van der Waals surface area contributed by atoms with E-state index >= 15 is 0 Å². The van der Waals surface area contributed by atoms with Crippen molar-refractivity contribution in [2.24, 2.45) is 0 Å². The molecule has 1 aliphatic rings. The van der Waals surface area contributed by atoms with Crippen molar-refractivity contribution in [2.75, 3.05) is 13.7 Å². The first-order chi connectivity index (χ1) is 9.69. The van der Waals surface area contributed by atoms with Gasteiger partial charge in [0.15, 0.2) is 0 Å². The van der Waals surface area contributed by atoms with Gasteiger partial charge in [0.25, 0.3) is 0 Å². The number of nitrogens with zero attached hydrogens (tertiary/aromatic N) is 1. The van der Waals surface area contributed by atoms with E-state index in [9.17, 15) is 4.79 Å². The monoisotopic (exact) mass is 277 g/mol. The number of carboxylic acid groups (broad SMARTS) is 1. The summed E-state index contributed by atoms with van der Waals surface area (Å²) < 4.78 is 5.09. The Hall–Kier alpha value is -1.39. The normalized spacial score (nSPS) is 15.9. The highest BCUT2D eigenvalue weighted by Gasteiger charge is 2.24. The lowest BCUT2D eigenvalue weighted by atomic mass is 10.1. The van der Waals surface area contributed by atoms with Gasteiger partial charge in [0.05, 0.1) is 13.2 Å². The Morgan fingerprint density at radius 1 is 1.25 bits per heavy atom. The Kier molecular flexibility index (Phi) is 5.56. The van der Waals surface area contributed by atoms with Gasteiger partial charge >= 0.3 is 5.97 Å². The third-order valence-electron chi connectivity index (χ3n) is 3.90. The van der Waals surface area contributed by atoms with E-state index in [1.54, 1.807) is 7.11 Å². The summed E-state index contributed by atoms with van der Waals surface area (Å²) >= 11 is 0. The summed E-state index contributed by atoms with van der Waals surface area (Å²) in [5.41, 5.74) is 2.31. The first kappa shape index (κ1) is 15.0. The summed E-state index contributed by atoms with van der Waals surface area (Å²) in [6, 6.07) is 8.65. The lowest BCUT2D eigenvalue weighted by molar-refractivity contribution is -0.139. The number of ether oxygens (including phenoxy) is 1. The molecule has 4 nitrogen and oxygen atoms in total. The summed E-state index contributed by atoms with van der Waals surface area (Å²) in [4.78, 5) is 13.1. The standard InChI is InChI=1S/C16H23NO3/c1-20-12-14-8-6-13(7-9-14)10-17(11-16(18)19)15-4-2-3-5-15/h6-9,15H,2-5,10-12H2,1H3,(H,18,19). The van der Waals surface area contributed by atoms with E-state index < -0.39 is 5.97 Å². The molecule has 1 aromatic rings. The molecule has 0 spiro atoms. The van der Waals surface area contributed by atoms with E-state index in [2.05, 4.69) is 17.0 Å². The number of carboxylic acids is 1. The molecule has 1 aromatic carbocycles. The molecule has 0 radical (unpaired) electrons. The molecular formula is C16H23NO3. The minimum Gasteiger partial charge on any atom is -0.480 e. The van der Waals surface area contributed by atoms with Crippen molar-refractivity contribution in [1.29, 1.82) is 0 Å². The van der Waals surface area contributed by atoms with Crippen molar-refractivity contribution in [3.8, 4) is 0 Å². The molecule has 0 bridgehead atoms. The molecule has 0 saturated heterocycles. The van der Waals surface area contributed by atoms with Crippen LogP contribution in [0.15, 0.2) is 24.3 Å². The van der Waals surface area contributed by atoms with Crippen LogP contribution in [0, 0.1) is 0 Å². The van der Waals surface area contributed by atoms with Crippen LogP contribution in [-0.2, 0) is 22.7 Å². The fraction of sp³-hybridized carbons (Fsp3) is 0.562. The van der Waals surface area contributed by atoms with Gasteiger partial charge in [0.1, 0.15) is 0 Å². The van der Waals surface area contributed by atoms with Crippen molar-refractivity contribution in [1.82, 2.24) is 4.90 Å². The fourth-order valence-electron chi connectivity index (χ4n) is 2.90. The van der Waals surface area contributed by atoms with Crippen molar-refractivity contribution in [3.05, 3.63) is 35.4 Å². The molecule has 1 fully saturated rings. The quantitative estimate of drug-likeness (QED) is 0.832. The third-order valence-corrected chi connectivity index (χ3v) is 3.90. The topological polar surface area (TPSA) is 49.8 Å². The van der Waals surface area contributed by atoms with Crippen LogP contribution < -0.4 is 0 Å². The highest BCUT2D eigenvalue weighted by atomic mass is 16.5. The minimum absolute atomic E-state index is 0.129. The molecule has 0 amide bonds. The van der Waals surface area contributed by atoms with Gasteiger partial charge in [-0.15, -0.1) is 0 Å². The molecule has 1 saturated carbocycles. The second-order valence-corrected chi connectivity index (χ2v) is 5.49. The van der Waals surface area contributed by atoms with Gasteiger partial charge in [-0.1, -0.05) is 37.1 Å². The van der Waals surface area contributed by atoms with Gasteiger partial charge in [-0.2, -0.15) is 0 Å². The number of methoxy groups -OCH3 is 1. The summed E-state index contributed by atoms with van der Waals surface area (Å²) in [5.74, 6) is -0.743. The lowest BCUT2D eigenvalue weighted by Gasteiger charge is -2.27. The molecule has 0 unspecified atom stereocenters. The number of hydrogen-bond acceptors (Lipinski definition) is 3. The Bertz CT molecular complexity index is 424. The predicted molar refractivity (Wildman–Crippen MR) is 77.5 cm³/mol. The van der Waals surface area contributed by atoms with Crippen LogP contribution in [0.4, 0.5) is 0 Å². The molecule has 4 heteroatoms. The van der Waals surface area contributed by atoms with Crippen LogP contribution in [0.3, 0.4) is 0 Å². The molecule has 1 aliphatic carbocycles. The van der Waals surface area contributed by atoms with Gasteiger partial charge in [0, 0.05) is 19.7 Å². The maximum atomic E-state index is 11.0. The van der Waals surface area contributed by atoms with Crippen LogP contribution >= 0.6 is 0 Å². The van der Waals surface area contributed by atoms with Crippen LogP contribution in [0.25, 0.3) is 0 Å². The highest BCUT2D eigenvalue weighted by molar-refractivity contribution is 5.69. The third kappa shape index (κ3) is 4.32. The molecule has 1 N–H and O–H groups in total. The van der Waals surface area contributed by atoms with Gasteiger partial charge in [0.2, 0.25) is 0 Å². The molecule has 0 aliphatic heterocycles. The number of carbonyl (C=O) groups is 1. The SMILES string of the molecule is COCc1ccc(CN(CC(=O)O)C2CCCC2)cc1. The maximum Gasteiger partial charge on any atom is 0.317 e. The minimum atomic E-state index is -0.743. The van der Waals surface area contributed by atoms with Crippen molar-refractivity contribution in [3.63, 3.8) is 0 Å². The first-order valence-corrected chi connectivity index (χ1v) is 7.21. The van der Waals surface area contributed by atoms with E-state index in [1.165, 1.54) is 12.8 Å². The molecule has 0 atom stereocenters. The van der Waals surface area contributed by atoms with Crippen molar-refractivity contribution >= 4 is 5.97 Å². The van der Waals surface area contributed by atoms with E-state index in [0.717, 1.165) is 24.0 Å². The molecule has 110 valence electrons. The molecular weight excluding hydrogens is 254 g/mol. The zero-order valence-corrected chi connectivity index (χ0v) is 12.0. The van der Waals surface area contributed by atoms with E-state index in [-0.39, 0.29) is 6.54 Å². The average molecular weight is 277 g/mol. The van der Waals surface area contributed by atoms with Crippen LogP contribution in [0.1, 0.15) is 36.8 Å². The van der Waals surface area contributed by atoms with Gasteiger partial charge in [-0.25, -0.2) is 0 Å². The first-order valence-electron chi connectivity index (χ1n) is 7.21. The molecule has 0 heterocycles. The second kappa shape index (κ2) is 7.41. The summed E-state index contributed by atoms with van der Waals surface area (Å²) in [6.45, 7) is 1.45. The Balaban J connectivity index is 2.00. The van der Waals surface area contributed by atoms with Crippen molar-refractivity contribution in [2.45, 2.75) is 44.9 Å². The largest absolute Gasteiger partial charge is 0.480 e. The van der Waals surface area contributed by atoms with Crippen LogP contribution in [0.5, 0.6) is 0 Å². The van der Waals surface area contributed by atoms with Gasteiger partial charge in [-0.05, 0) is 24.0 Å². The second-order valence-electron chi connectivity index (χ2n) is 5.49. The summed E-state index contributed by atoms with van der Waals surface area (Å²) in [5, 5.41) is 9.08. The Morgan fingerprint density at radius 2 is 1.85 bits per heavy atom. The van der Waals surface area contributed by atoms with E-state index in [4.69, 9.17) is 9.84 Å². The van der Waals surface area contributed by atoms with Crippen LogP contribution in [0.2, 0.25) is 0 Å². The Morgan fingerprint density at radius 3 is 2.40 bits per heavy atom. The summed E-state index contributed by atoms with van der Waals surface area (Å²) in [6.07, 6.45) is 4.67. The predicted octanol–water partition coefficient (Wildman–Crippen LogP) is 2.66. The van der Waals surface area contributed by atoms with Gasteiger partial charge in [-0.3, -0.25) is 9.69 Å². The van der Waals surface area contributed by atoms with Crippen molar-refractivity contribution < 1.29 is 14.6 Å². The van der Waals surface area contributed by atoms with E-state index in [1.807, 2.05) is 12.1 Å². The van der Waals surface area contributed by atoms with Crippen LogP contribution in [-0.4, -0.2) is 35.7 Å². The average Bonchev–Trinajstić information content (AvgIpc) is 2.94. The zero-order chi connectivity index (χ0) is 14.4. The Labute approximate surface area is 120 Å². The lowest BCUT2D eigenvalue weighted by Crippen LogP contribution is -2.37. The molecule has 2 rings (SSSR count).